The second-order valence-electron chi connectivity index (χ2n) is 4.60. The molecule has 0 aliphatic carbocycles. The van der Waals surface area contributed by atoms with E-state index in [0.717, 1.165) is 31.5 Å². The Morgan fingerprint density at radius 3 is 3.00 bits per heavy atom. The molecule has 0 radical (unpaired) electrons. The molecule has 0 aromatic heterocycles. The summed E-state index contributed by atoms with van der Waals surface area (Å²) in [7, 11) is 0. The van der Waals surface area contributed by atoms with Gasteiger partial charge >= 0.3 is 0 Å². The minimum Gasteiger partial charge on any atom is -0.327 e. The Labute approximate surface area is 101 Å². The standard InChI is InChI=1S/C13H16FN3/c14-12-5-10(7-15)4-11(6-12)8-17-3-1-2-13(16)9-17/h4-6,13H,1-3,8-9,16H2/t13-/m1/s1. The molecule has 3 nitrogen and oxygen atoms in total. The molecule has 0 spiro atoms. The van der Waals surface area contributed by atoms with Crippen molar-refractivity contribution in [3.63, 3.8) is 0 Å². The minimum atomic E-state index is -0.347. The number of nitrogens with two attached hydrogens (primary N) is 1. The average molecular weight is 233 g/mol. The van der Waals surface area contributed by atoms with Crippen molar-refractivity contribution in [3.05, 3.63) is 35.1 Å². The molecular weight excluding hydrogens is 217 g/mol. The van der Waals surface area contributed by atoms with Crippen LogP contribution in [0.5, 0.6) is 0 Å². The van der Waals surface area contributed by atoms with Gasteiger partial charge in [-0.1, -0.05) is 0 Å². The van der Waals surface area contributed by atoms with Crippen LogP contribution in [0.3, 0.4) is 0 Å². The summed E-state index contributed by atoms with van der Waals surface area (Å²) < 4.78 is 13.3. The molecule has 4 heteroatoms. The molecule has 1 fully saturated rings. The third-order valence-electron chi connectivity index (χ3n) is 3.03. The van der Waals surface area contributed by atoms with E-state index in [0.29, 0.717) is 12.1 Å². The Balaban J connectivity index is 2.07. The zero-order chi connectivity index (χ0) is 12.3. The monoisotopic (exact) mass is 233 g/mol. The average Bonchev–Trinajstić information content (AvgIpc) is 2.28. The molecule has 17 heavy (non-hydrogen) atoms. The molecule has 1 aromatic rings. The molecule has 2 N–H and O–H groups in total. The maximum absolute atomic E-state index is 13.3. The molecule has 0 unspecified atom stereocenters. The van der Waals surface area contributed by atoms with Gasteiger partial charge in [-0.2, -0.15) is 5.26 Å². The summed E-state index contributed by atoms with van der Waals surface area (Å²) in [5.41, 5.74) is 7.12. The molecule has 2 rings (SSSR count). The van der Waals surface area contributed by atoms with E-state index in [1.165, 1.54) is 12.1 Å². The highest BCUT2D eigenvalue weighted by atomic mass is 19.1. The highest BCUT2D eigenvalue weighted by Crippen LogP contribution is 2.15. The SMILES string of the molecule is N#Cc1cc(F)cc(CN2CCC[C@@H](N)C2)c1. The van der Waals surface area contributed by atoms with Gasteiger partial charge in [-0.3, -0.25) is 4.90 Å². The second kappa shape index (κ2) is 5.26. The smallest absolute Gasteiger partial charge is 0.124 e. The Morgan fingerprint density at radius 1 is 1.47 bits per heavy atom. The molecular formula is C13H16FN3. The van der Waals surface area contributed by atoms with E-state index >= 15 is 0 Å². The summed E-state index contributed by atoms with van der Waals surface area (Å²) in [4.78, 5) is 2.21. The van der Waals surface area contributed by atoms with E-state index < -0.39 is 0 Å². The maximum atomic E-state index is 13.3. The summed E-state index contributed by atoms with van der Waals surface area (Å²) in [6.07, 6.45) is 2.14. The van der Waals surface area contributed by atoms with Gasteiger partial charge in [0.1, 0.15) is 5.82 Å². The largest absolute Gasteiger partial charge is 0.327 e. The quantitative estimate of drug-likeness (QED) is 0.844. The third-order valence-corrected chi connectivity index (χ3v) is 3.03. The van der Waals surface area contributed by atoms with Crippen molar-refractivity contribution in [3.8, 4) is 6.07 Å². The third kappa shape index (κ3) is 3.26. The van der Waals surface area contributed by atoms with Gasteiger partial charge in [0, 0.05) is 19.1 Å². The van der Waals surface area contributed by atoms with Crippen molar-refractivity contribution in [2.75, 3.05) is 13.1 Å². The van der Waals surface area contributed by atoms with Gasteiger partial charge in [-0.05, 0) is 43.1 Å². The first kappa shape index (κ1) is 12.0. The van der Waals surface area contributed by atoms with Crippen LogP contribution in [0.4, 0.5) is 4.39 Å². The normalized spacial score (nSPS) is 21.1. The number of likely N-dealkylation sites (tertiary alicyclic amines) is 1. The topological polar surface area (TPSA) is 53.0 Å². The molecule has 1 aliphatic heterocycles. The zero-order valence-electron chi connectivity index (χ0n) is 9.69. The fraction of sp³-hybridized carbons (Fsp3) is 0.462. The second-order valence-corrected chi connectivity index (χ2v) is 4.60. The number of rotatable bonds is 2. The predicted octanol–water partition coefficient (Wildman–Crippen LogP) is 1.62. The van der Waals surface area contributed by atoms with Crippen LogP contribution >= 0.6 is 0 Å². The highest BCUT2D eigenvalue weighted by Gasteiger charge is 2.16. The lowest BCUT2D eigenvalue weighted by molar-refractivity contribution is 0.201. The van der Waals surface area contributed by atoms with Gasteiger partial charge in [-0.15, -0.1) is 0 Å². The van der Waals surface area contributed by atoms with Crippen molar-refractivity contribution in [2.24, 2.45) is 5.73 Å². The first-order valence-corrected chi connectivity index (χ1v) is 5.85. The van der Waals surface area contributed by atoms with E-state index in [-0.39, 0.29) is 11.9 Å². The molecule has 0 amide bonds. The molecule has 0 bridgehead atoms. The number of halogens is 1. The number of hydrogen-bond acceptors (Lipinski definition) is 3. The lowest BCUT2D eigenvalue weighted by atomic mass is 10.0. The summed E-state index contributed by atoms with van der Waals surface area (Å²) in [6.45, 7) is 2.50. The van der Waals surface area contributed by atoms with Crippen LogP contribution in [0, 0.1) is 17.1 Å². The Hall–Kier alpha value is -1.44. The predicted molar refractivity (Wildman–Crippen MR) is 63.6 cm³/mol. The first-order valence-electron chi connectivity index (χ1n) is 5.85. The zero-order valence-corrected chi connectivity index (χ0v) is 9.69. The van der Waals surface area contributed by atoms with E-state index in [4.69, 9.17) is 11.0 Å². The summed E-state index contributed by atoms with van der Waals surface area (Å²) in [6, 6.07) is 6.67. The van der Waals surface area contributed by atoms with Crippen LogP contribution in [-0.4, -0.2) is 24.0 Å². The minimum absolute atomic E-state index is 0.216. The van der Waals surface area contributed by atoms with Gasteiger partial charge in [0.15, 0.2) is 0 Å². The molecule has 1 atom stereocenters. The van der Waals surface area contributed by atoms with Crippen LogP contribution < -0.4 is 5.73 Å². The van der Waals surface area contributed by atoms with Crippen LogP contribution in [0.15, 0.2) is 18.2 Å². The fourth-order valence-corrected chi connectivity index (χ4v) is 2.30. The lowest BCUT2D eigenvalue weighted by Gasteiger charge is -2.30. The van der Waals surface area contributed by atoms with Crippen molar-refractivity contribution >= 4 is 0 Å². The Bertz CT molecular complexity index is 439. The molecule has 1 aliphatic rings. The lowest BCUT2D eigenvalue weighted by Crippen LogP contribution is -2.42. The molecule has 0 saturated carbocycles. The van der Waals surface area contributed by atoms with Crippen LogP contribution in [0.2, 0.25) is 0 Å². The summed E-state index contributed by atoms with van der Waals surface area (Å²) >= 11 is 0. The number of benzene rings is 1. The molecule has 90 valence electrons. The summed E-state index contributed by atoms with van der Waals surface area (Å²) in [5.74, 6) is -0.347. The van der Waals surface area contributed by atoms with Crippen molar-refractivity contribution in [1.82, 2.24) is 4.90 Å². The van der Waals surface area contributed by atoms with Gasteiger partial charge in [-0.25, -0.2) is 4.39 Å². The molecule has 1 heterocycles. The van der Waals surface area contributed by atoms with Gasteiger partial charge in [0.2, 0.25) is 0 Å². The van der Waals surface area contributed by atoms with E-state index in [1.54, 1.807) is 6.07 Å². The highest BCUT2D eigenvalue weighted by molar-refractivity contribution is 5.33. The number of nitrogens with zero attached hydrogens (tertiary/aromatic N) is 2. The van der Waals surface area contributed by atoms with E-state index in [2.05, 4.69) is 4.90 Å². The number of piperidine rings is 1. The van der Waals surface area contributed by atoms with Crippen molar-refractivity contribution < 1.29 is 4.39 Å². The Morgan fingerprint density at radius 2 is 2.29 bits per heavy atom. The first-order chi connectivity index (χ1) is 8.17. The Kier molecular flexibility index (Phi) is 3.72. The maximum Gasteiger partial charge on any atom is 0.124 e. The van der Waals surface area contributed by atoms with Gasteiger partial charge < -0.3 is 5.73 Å². The summed E-state index contributed by atoms with van der Waals surface area (Å²) in [5, 5.41) is 8.78. The number of hydrogen-bond donors (Lipinski definition) is 1. The van der Waals surface area contributed by atoms with Crippen LogP contribution in [-0.2, 0) is 6.54 Å². The molecule has 1 saturated heterocycles. The molecule has 1 aromatic carbocycles. The van der Waals surface area contributed by atoms with Crippen molar-refractivity contribution in [1.29, 1.82) is 5.26 Å². The number of nitriles is 1. The van der Waals surface area contributed by atoms with Crippen molar-refractivity contribution in [2.45, 2.75) is 25.4 Å². The van der Waals surface area contributed by atoms with E-state index in [9.17, 15) is 4.39 Å². The van der Waals surface area contributed by atoms with E-state index in [1.807, 2.05) is 6.07 Å². The van der Waals surface area contributed by atoms with Crippen LogP contribution in [0.25, 0.3) is 0 Å². The van der Waals surface area contributed by atoms with Gasteiger partial charge in [0.25, 0.3) is 0 Å². The fourth-order valence-electron chi connectivity index (χ4n) is 2.30. The van der Waals surface area contributed by atoms with Crippen LogP contribution in [0.1, 0.15) is 24.0 Å². The van der Waals surface area contributed by atoms with Gasteiger partial charge in [0.05, 0.1) is 11.6 Å².